The Bertz CT molecular complexity index is 1060. The summed E-state index contributed by atoms with van der Waals surface area (Å²) in [5.74, 6) is 0.959. The Hall–Kier alpha value is -3.00. The molecule has 0 spiro atoms. The highest BCUT2D eigenvalue weighted by Gasteiger charge is 2.13. The number of anilines is 1. The molecular formula is C19H24N8. The zero-order valence-electron chi connectivity index (χ0n) is 15.6. The number of aryl methyl sites for hydroxylation is 1. The second kappa shape index (κ2) is 7.32. The summed E-state index contributed by atoms with van der Waals surface area (Å²) in [5, 5.41) is 7.35. The number of aromatic nitrogens is 6. The van der Waals surface area contributed by atoms with Crippen molar-refractivity contribution in [3.8, 4) is 11.1 Å². The van der Waals surface area contributed by atoms with Gasteiger partial charge in [0, 0.05) is 41.5 Å². The van der Waals surface area contributed by atoms with Crippen molar-refractivity contribution in [3.05, 3.63) is 42.7 Å². The first-order valence-corrected chi connectivity index (χ1v) is 9.29. The third kappa shape index (κ3) is 3.35. The highest BCUT2D eigenvalue weighted by molar-refractivity contribution is 5.79. The lowest BCUT2D eigenvalue weighted by Crippen LogP contribution is -2.31. The first-order chi connectivity index (χ1) is 13.2. The van der Waals surface area contributed by atoms with Crippen molar-refractivity contribution in [2.45, 2.75) is 38.6 Å². The molecule has 8 nitrogen and oxygen atoms in total. The van der Waals surface area contributed by atoms with Crippen LogP contribution < -0.4 is 11.1 Å². The minimum Gasteiger partial charge on any atom is -0.367 e. The molecule has 4 heterocycles. The average Bonchev–Trinajstić information content (AvgIpc) is 3.23. The van der Waals surface area contributed by atoms with Gasteiger partial charge in [-0.05, 0) is 32.4 Å². The fourth-order valence-corrected chi connectivity index (χ4v) is 3.18. The molecule has 5 rings (SSSR count). The maximum Gasteiger partial charge on any atom is 0.238 e. The van der Waals surface area contributed by atoms with E-state index >= 15 is 0 Å². The molecule has 4 aromatic rings. The van der Waals surface area contributed by atoms with Crippen LogP contribution in [0.3, 0.4) is 0 Å². The van der Waals surface area contributed by atoms with Crippen LogP contribution in [-0.2, 0) is 6.42 Å². The smallest absolute Gasteiger partial charge is 0.238 e. The molecule has 0 aromatic carbocycles. The van der Waals surface area contributed by atoms with Crippen molar-refractivity contribution in [1.29, 1.82) is 0 Å². The summed E-state index contributed by atoms with van der Waals surface area (Å²) in [7, 11) is 2.03. The molecule has 0 saturated heterocycles. The summed E-state index contributed by atoms with van der Waals surface area (Å²) < 4.78 is 3.73. The number of nitrogens with two attached hydrogens (primary N) is 1. The summed E-state index contributed by atoms with van der Waals surface area (Å²) in [4.78, 5) is 12.8. The lowest BCUT2D eigenvalue weighted by atomic mass is 9.94. The predicted octanol–water partition coefficient (Wildman–Crippen LogP) is 2.34. The largest absolute Gasteiger partial charge is 0.367 e. The normalized spacial score (nSPS) is 14.1. The first-order valence-electron chi connectivity index (χ1n) is 9.29. The third-order valence-electron chi connectivity index (χ3n) is 5.06. The molecule has 1 saturated carbocycles. The van der Waals surface area contributed by atoms with Gasteiger partial charge in [0.1, 0.15) is 0 Å². The Morgan fingerprint density at radius 3 is 2.67 bits per heavy atom. The second-order valence-corrected chi connectivity index (χ2v) is 6.71. The Labute approximate surface area is 157 Å². The van der Waals surface area contributed by atoms with Gasteiger partial charge in [-0.15, -0.1) is 5.10 Å². The van der Waals surface area contributed by atoms with E-state index in [0.29, 0.717) is 5.78 Å². The number of nitrogen functional groups attached to an aromatic ring is 1. The lowest BCUT2D eigenvalue weighted by Gasteiger charge is -2.23. The number of hydrogen-bond acceptors (Lipinski definition) is 6. The lowest BCUT2D eigenvalue weighted by molar-refractivity contribution is 0.361. The molecule has 3 N–H and O–H groups in total. The van der Waals surface area contributed by atoms with Crippen LogP contribution in [-0.4, -0.2) is 42.1 Å². The number of hydrogen-bond donors (Lipinski definition) is 2. The maximum atomic E-state index is 5.60. The first kappa shape index (κ1) is 17.4. The average molecular weight is 364 g/mol. The summed E-state index contributed by atoms with van der Waals surface area (Å²) in [6.07, 6.45) is 14.4. The zero-order chi connectivity index (χ0) is 18.8. The molecule has 140 valence electrons. The number of nitrogens with zero attached hydrogens (tertiary/aromatic N) is 6. The highest BCUT2D eigenvalue weighted by Crippen LogP contribution is 2.25. The molecule has 8 heteroatoms. The molecule has 0 atom stereocenters. The van der Waals surface area contributed by atoms with Gasteiger partial charge in [0.2, 0.25) is 11.7 Å². The van der Waals surface area contributed by atoms with E-state index in [2.05, 4.69) is 32.3 Å². The van der Waals surface area contributed by atoms with Gasteiger partial charge in [0.25, 0.3) is 0 Å². The third-order valence-corrected chi connectivity index (χ3v) is 5.06. The molecule has 0 aliphatic heterocycles. The van der Waals surface area contributed by atoms with Crippen molar-refractivity contribution in [3.63, 3.8) is 0 Å². The van der Waals surface area contributed by atoms with Gasteiger partial charge in [-0.1, -0.05) is 13.3 Å². The van der Waals surface area contributed by atoms with Crippen LogP contribution in [0.4, 0.5) is 5.95 Å². The molecule has 0 amide bonds. The minimum atomic E-state index is 0.251. The Morgan fingerprint density at radius 1 is 1.19 bits per heavy atom. The van der Waals surface area contributed by atoms with Gasteiger partial charge >= 0.3 is 0 Å². The van der Waals surface area contributed by atoms with Crippen molar-refractivity contribution < 1.29 is 0 Å². The van der Waals surface area contributed by atoms with Crippen LogP contribution >= 0.6 is 0 Å². The maximum absolute atomic E-state index is 5.60. The van der Waals surface area contributed by atoms with Crippen LogP contribution in [0.1, 0.15) is 31.9 Å². The van der Waals surface area contributed by atoms with Gasteiger partial charge < -0.3 is 11.1 Å². The van der Waals surface area contributed by atoms with E-state index in [4.69, 9.17) is 5.73 Å². The van der Waals surface area contributed by atoms with Gasteiger partial charge in [0.15, 0.2) is 0 Å². The van der Waals surface area contributed by atoms with Crippen LogP contribution in [0.2, 0.25) is 0 Å². The van der Waals surface area contributed by atoms with Crippen LogP contribution in [0, 0.1) is 0 Å². The Kier molecular flexibility index (Phi) is 4.72. The highest BCUT2D eigenvalue weighted by atomic mass is 15.3. The number of rotatable bonds is 3. The molecule has 0 radical (unpaired) electrons. The minimum absolute atomic E-state index is 0.251. The SMILES string of the molecule is CCc1cnc2ncc(-c3ccn4nc(N)ncc34)cn12.CNC1CCC1. The van der Waals surface area contributed by atoms with E-state index in [-0.39, 0.29) is 5.95 Å². The van der Waals surface area contributed by atoms with E-state index in [1.165, 1.54) is 19.3 Å². The van der Waals surface area contributed by atoms with Gasteiger partial charge in [0.05, 0.1) is 17.9 Å². The van der Waals surface area contributed by atoms with E-state index in [1.807, 2.05) is 42.3 Å². The second-order valence-electron chi connectivity index (χ2n) is 6.71. The molecule has 0 bridgehead atoms. The topological polar surface area (TPSA) is 98.4 Å². The Balaban J connectivity index is 0.000000257. The predicted molar refractivity (Wildman–Crippen MR) is 105 cm³/mol. The quantitative estimate of drug-likeness (QED) is 0.579. The molecule has 1 fully saturated rings. The molecule has 27 heavy (non-hydrogen) atoms. The van der Waals surface area contributed by atoms with Crippen molar-refractivity contribution in [2.75, 3.05) is 12.8 Å². The fraction of sp³-hybridized carbons (Fsp3) is 0.368. The van der Waals surface area contributed by atoms with E-state index in [0.717, 1.165) is 34.8 Å². The van der Waals surface area contributed by atoms with Crippen LogP contribution in [0.5, 0.6) is 0 Å². The molecule has 1 aliphatic rings. The van der Waals surface area contributed by atoms with Gasteiger partial charge in [-0.2, -0.15) is 0 Å². The summed E-state index contributed by atoms with van der Waals surface area (Å²) in [5.41, 5.74) is 9.63. The van der Waals surface area contributed by atoms with Crippen LogP contribution in [0.15, 0.2) is 37.1 Å². The summed E-state index contributed by atoms with van der Waals surface area (Å²) in [6, 6.07) is 2.85. The van der Waals surface area contributed by atoms with Crippen LogP contribution in [0.25, 0.3) is 22.4 Å². The van der Waals surface area contributed by atoms with E-state index in [1.54, 1.807) is 10.7 Å². The molecule has 1 aliphatic carbocycles. The van der Waals surface area contributed by atoms with Gasteiger partial charge in [-0.3, -0.25) is 4.40 Å². The van der Waals surface area contributed by atoms with E-state index < -0.39 is 0 Å². The molecule has 0 unspecified atom stereocenters. The molecule has 4 aromatic heterocycles. The van der Waals surface area contributed by atoms with Crippen molar-refractivity contribution >= 4 is 17.2 Å². The zero-order valence-corrected chi connectivity index (χ0v) is 15.6. The monoisotopic (exact) mass is 364 g/mol. The van der Waals surface area contributed by atoms with Gasteiger partial charge in [-0.25, -0.2) is 19.5 Å². The number of nitrogens with one attached hydrogen (secondary N) is 1. The molecular weight excluding hydrogens is 340 g/mol. The van der Waals surface area contributed by atoms with Crippen molar-refractivity contribution in [1.82, 2.24) is 34.3 Å². The van der Waals surface area contributed by atoms with Crippen molar-refractivity contribution in [2.24, 2.45) is 0 Å². The van der Waals surface area contributed by atoms with E-state index in [9.17, 15) is 0 Å². The number of fused-ring (bicyclic) bond motifs is 2. The number of imidazole rings is 1. The Morgan fingerprint density at radius 2 is 2.00 bits per heavy atom. The standard InChI is InChI=1S/C14H13N7.C5H11N/c1-2-10-6-18-14-17-5-9(8-20(10)14)11-3-4-21-12(11)7-16-13(15)19-21;1-6-5-3-2-4-5/h3-8H,2H2,1H3,(H2,15,19);5-6H,2-4H2,1H3. The fourth-order valence-electron chi connectivity index (χ4n) is 3.18. The summed E-state index contributed by atoms with van der Waals surface area (Å²) >= 11 is 0. The summed E-state index contributed by atoms with van der Waals surface area (Å²) in [6.45, 7) is 2.10.